The second kappa shape index (κ2) is 6.69. The number of hydrogen-bond donors (Lipinski definition) is 1. The van der Waals surface area contributed by atoms with Crippen LogP contribution < -0.4 is 10.1 Å². The third-order valence-corrected chi connectivity index (χ3v) is 2.76. The van der Waals surface area contributed by atoms with Crippen LogP contribution in [0.2, 0.25) is 0 Å². The molecule has 2 aromatic heterocycles. The van der Waals surface area contributed by atoms with Gasteiger partial charge in [0.05, 0.1) is 24.8 Å². The number of ether oxygens (including phenoxy) is 1. The molecule has 0 saturated carbocycles. The Morgan fingerprint density at radius 1 is 1.48 bits per heavy atom. The van der Waals surface area contributed by atoms with Crippen molar-refractivity contribution >= 4 is 11.5 Å². The minimum absolute atomic E-state index is 0.0413. The van der Waals surface area contributed by atoms with Crippen molar-refractivity contribution in [2.45, 2.75) is 26.3 Å². The minimum Gasteiger partial charge on any atom is -0.476 e. The average Bonchev–Trinajstić information content (AvgIpc) is 2.97. The summed E-state index contributed by atoms with van der Waals surface area (Å²) in [6.07, 6.45) is 2.98. The van der Waals surface area contributed by atoms with Gasteiger partial charge in [0, 0.05) is 6.42 Å². The van der Waals surface area contributed by atoms with Gasteiger partial charge >= 0.3 is 5.69 Å². The fourth-order valence-electron chi connectivity index (χ4n) is 1.83. The Hall–Kier alpha value is -2.64. The molecule has 0 fully saturated rings. The third-order valence-electron chi connectivity index (χ3n) is 2.76. The summed E-state index contributed by atoms with van der Waals surface area (Å²) in [5, 5.41) is 14.1. The van der Waals surface area contributed by atoms with Crippen LogP contribution in [0.5, 0.6) is 5.88 Å². The fraction of sp³-hybridized carbons (Fsp3) is 0.385. The molecule has 0 saturated heterocycles. The monoisotopic (exact) mass is 292 g/mol. The lowest BCUT2D eigenvalue weighted by Gasteiger charge is -2.09. The highest BCUT2D eigenvalue weighted by molar-refractivity contribution is 5.61. The van der Waals surface area contributed by atoms with Gasteiger partial charge in [0.1, 0.15) is 11.6 Å². The van der Waals surface area contributed by atoms with Crippen LogP contribution in [0.1, 0.15) is 24.9 Å². The number of furan rings is 1. The molecule has 0 aromatic carbocycles. The number of aryl methyl sites for hydroxylation is 1. The molecule has 8 nitrogen and oxygen atoms in total. The normalized spacial score (nSPS) is 10.4. The SMILES string of the molecule is CCCc1nc(NCc2ccco2)c([N+](=O)[O-])c(OC)n1. The van der Waals surface area contributed by atoms with Crippen molar-refractivity contribution in [1.82, 2.24) is 9.97 Å². The highest BCUT2D eigenvalue weighted by Gasteiger charge is 2.25. The summed E-state index contributed by atoms with van der Waals surface area (Å²) in [4.78, 5) is 18.9. The number of hydrogen-bond acceptors (Lipinski definition) is 7. The molecule has 2 aromatic rings. The summed E-state index contributed by atoms with van der Waals surface area (Å²) in [5.74, 6) is 1.24. The van der Waals surface area contributed by atoms with Gasteiger partial charge in [-0.05, 0) is 18.6 Å². The number of rotatable bonds is 7. The molecule has 0 radical (unpaired) electrons. The predicted molar refractivity (Wildman–Crippen MR) is 75.3 cm³/mol. The molecule has 112 valence electrons. The number of aromatic nitrogens is 2. The fourth-order valence-corrected chi connectivity index (χ4v) is 1.83. The molecule has 0 aliphatic rings. The zero-order valence-electron chi connectivity index (χ0n) is 11.8. The molecule has 0 aliphatic heterocycles. The summed E-state index contributed by atoms with van der Waals surface area (Å²) < 4.78 is 10.2. The van der Waals surface area contributed by atoms with Crippen molar-refractivity contribution in [2.24, 2.45) is 0 Å². The summed E-state index contributed by atoms with van der Waals surface area (Å²) in [5.41, 5.74) is -0.274. The first kappa shape index (κ1) is 14.8. The first-order valence-corrected chi connectivity index (χ1v) is 6.51. The Morgan fingerprint density at radius 2 is 2.29 bits per heavy atom. The van der Waals surface area contributed by atoms with E-state index in [0.29, 0.717) is 24.6 Å². The molecule has 2 heterocycles. The van der Waals surface area contributed by atoms with E-state index in [2.05, 4.69) is 15.3 Å². The van der Waals surface area contributed by atoms with E-state index in [9.17, 15) is 10.1 Å². The van der Waals surface area contributed by atoms with Crippen LogP contribution >= 0.6 is 0 Å². The Labute approximate surface area is 121 Å². The Bertz CT molecular complexity index is 613. The molecule has 0 unspecified atom stereocenters. The van der Waals surface area contributed by atoms with E-state index in [0.717, 1.165) is 6.42 Å². The first-order chi connectivity index (χ1) is 10.2. The smallest absolute Gasteiger partial charge is 0.372 e. The van der Waals surface area contributed by atoms with E-state index in [1.54, 1.807) is 12.1 Å². The van der Waals surface area contributed by atoms with Crippen molar-refractivity contribution in [3.8, 4) is 5.88 Å². The van der Waals surface area contributed by atoms with Gasteiger partial charge < -0.3 is 14.5 Å². The number of anilines is 1. The van der Waals surface area contributed by atoms with Gasteiger partial charge in [-0.1, -0.05) is 6.92 Å². The lowest BCUT2D eigenvalue weighted by molar-refractivity contribution is -0.385. The van der Waals surface area contributed by atoms with Gasteiger partial charge in [-0.25, -0.2) is 4.98 Å². The zero-order valence-corrected chi connectivity index (χ0v) is 11.8. The van der Waals surface area contributed by atoms with E-state index in [1.165, 1.54) is 13.4 Å². The molecular weight excluding hydrogens is 276 g/mol. The van der Waals surface area contributed by atoms with Crippen molar-refractivity contribution in [3.63, 3.8) is 0 Å². The highest BCUT2D eigenvalue weighted by atomic mass is 16.6. The average molecular weight is 292 g/mol. The number of nitrogens with one attached hydrogen (secondary N) is 1. The molecule has 0 amide bonds. The van der Waals surface area contributed by atoms with Gasteiger partial charge in [0.25, 0.3) is 5.88 Å². The van der Waals surface area contributed by atoms with Crippen LogP contribution in [0, 0.1) is 10.1 Å². The second-order valence-electron chi connectivity index (χ2n) is 4.29. The molecule has 0 spiro atoms. The van der Waals surface area contributed by atoms with Gasteiger partial charge in [0.2, 0.25) is 5.82 Å². The van der Waals surface area contributed by atoms with Gasteiger partial charge in [-0.15, -0.1) is 0 Å². The maximum Gasteiger partial charge on any atom is 0.372 e. The van der Waals surface area contributed by atoms with Crippen LogP contribution in [0.15, 0.2) is 22.8 Å². The Balaban J connectivity index is 2.34. The lowest BCUT2D eigenvalue weighted by atomic mass is 10.3. The maximum atomic E-state index is 11.2. The van der Waals surface area contributed by atoms with E-state index < -0.39 is 4.92 Å². The van der Waals surface area contributed by atoms with Crippen LogP contribution in [-0.2, 0) is 13.0 Å². The van der Waals surface area contributed by atoms with Crippen molar-refractivity contribution in [2.75, 3.05) is 12.4 Å². The Morgan fingerprint density at radius 3 is 2.86 bits per heavy atom. The molecule has 1 N–H and O–H groups in total. The predicted octanol–water partition coefficient (Wildman–Crippen LogP) is 2.55. The molecule has 0 aliphatic carbocycles. The summed E-state index contributed by atoms with van der Waals surface area (Å²) in [6, 6.07) is 3.51. The standard InChI is InChI=1S/C13H16N4O4/c1-3-5-10-15-12(14-8-9-6-4-7-21-9)11(17(18)19)13(16-10)20-2/h4,6-7H,3,5,8H2,1-2H3,(H,14,15,16). The molecular formula is C13H16N4O4. The summed E-state index contributed by atoms with van der Waals surface area (Å²) in [6.45, 7) is 2.27. The topological polar surface area (TPSA) is 103 Å². The van der Waals surface area contributed by atoms with E-state index in [1.807, 2.05) is 6.92 Å². The third kappa shape index (κ3) is 3.47. The number of methoxy groups -OCH3 is 1. The second-order valence-corrected chi connectivity index (χ2v) is 4.29. The quantitative estimate of drug-likeness (QED) is 0.617. The molecule has 2 rings (SSSR count). The van der Waals surface area contributed by atoms with E-state index in [-0.39, 0.29) is 17.4 Å². The van der Waals surface area contributed by atoms with E-state index in [4.69, 9.17) is 9.15 Å². The minimum atomic E-state index is -0.557. The van der Waals surface area contributed by atoms with Crippen LogP contribution in [0.3, 0.4) is 0 Å². The van der Waals surface area contributed by atoms with Gasteiger partial charge in [-0.2, -0.15) is 4.98 Å². The zero-order chi connectivity index (χ0) is 15.2. The van der Waals surface area contributed by atoms with Crippen molar-refractivity contribution in [3.05, 3.63) is 40.1 Å². The summed E-state index contributed by atoms with van der Waals surface area (Å²) >= 11 is 0. The number of nitro groups is 1. The van der Waals surface area contributed by atoms with Gasteiger partial charge in [0.15, 0.2) is 0 Å². The Kier molecular flexibility index (Phi) is 4.70. The maximum absolute atomic E-state index is 11.2. The lowest BCUT2D eigenvalue weighted by Crippen LogP contribution is -2.09. The summed E-state index contributed by atoms with van der Waals surface area (Å²) in [7, 11) is 1.35. The first-order valence-electron chi connectivity index (χ1n) is 6.51. The molecule has 0 atom stereocenters. The number of nitrogens with zero attached hydrogens (tertiary/aromatic N) is 3. The molecule has 0 bridgehead atoms. The van der Waals surface area contributed by atoms with Crippen LogP contribution in [0.25, 0.3) is 0 Å². The van der Waals surface area contributed by atoms with Crippen molar-refractivity contribution in [1.29, 1.82) is 0 Å². The van der Waals surface area contributed by atoms with Crippen LogP contribution in [-0.4, -0.2) is 22.0 Å². The van der Waals surface area contributed by atoms with E-state index >= 15 is 0 Å². The largest absolute Gasteiger partial charge is 0.476 e. The van der Waals surface area contributed by atoms with Crippen molar-refractivity contribution < 1.29 is 14.1 Å². The molecule has 8 heteroatoms. The van der Waals surface area contributed by atoms with Crippen LogP contribution in [0.4, 0.5) is 11.5 Å². The molecule has 21 heavy (non-hydrogen) atoms. The van der Waals surface area contributed by atoms with Gasteiger partial charge in [-0.3, -0.25) is 10.1 Å². The highest BCUT2D eigenvalue weighted by Crippen LogP contribution is 2.32.